The quantitative estimate of drug-likeness (QED) is 0.809. The lowest BCUT2D eigenvalue weighted by Gasteiger charge is -2.33. The zero-order chi connectivity index (χ0) is 14.7. The molecule has 0 unspecified atom stereocenters. The van der Waals surface area contributed by atoms with E-state index in [1.165, 1.54) is 12.8 Å². The van der Waals surface area contributed by atoms with Crippen molar-refractivity contribution in [3.05, 3.63) is 23.8 Å². The summed E-state index contributed by atoms with van der Waals surface area (Å²) >= 11 is 0. The van der Waals surface area contributed by atoms with Crippen LogP contribution >= 0.6 is 0 Å². The van der Waals surface area contributed by atoms with Crippen molar-refractivity contribution in [2.75, 3.05) is 44.4 Å². The average molecular weight is 276 g/mol. The second-order valence-corrected chi connectivity index (χ2v) is 5.73. The summed E-state index contributed by atoms with van der Waals surface area (Å²) in [7, 11) is 4.14. The summed E-state index contributed by atoms with van der Waals surface area (Å²) in [5, 5.41) is 0. The maximum Gasteiger partial charge on any atom is 0.250 e. The number of hydrogen-bond donors (Lipinski definition) is 2. The molecule has 1 saturated heterocycles. The minimum Gasteiger partial charge on any atom is -0.397 e. The first-order valence-corrected chi connectivity index (χ1v) is 7.07. The van der Waals surface area contributed by atoms with Crippen LogP contribution in [0.5, 0.6) is 0 Å². The number of nitrogen functional groups attached to an aromatic ring is 1. The van der Waals surface area contributed by atoms with Crippen LogP contribution in [0.4, 0.5) is 11.4 Å². The van der Waals surface area contributed by atoms with Crippen molar-refractivity contribution >= 4 is 17.3 Å². The molecule has 1 aliphatic rings. The Morgan fingerprint density at radius 1 is 1.40 bits per heavy atom. The number of likely N-dealkylation sites (tertiary alicyclic amines) is 1. The molecule has 2 rings (SSSR count). The Morgan fingerprint density at radius 2 is 2.05 bits per heavy atom. The molecule has 0 aliphatic carbocycles. The zero-order valence-corrected chi connectivity index (χ0v) is 12.3. The third-order valence-electron chi connectivity index (χ3n) is 4.08. The fourth-order valence-corrected chi connectivity index (χ4v) is 2.91. The van der Waals surface area contributed by atoms with Gasteiger partial charge in [0.15, 0.2) is 0 Å². The second kappa shape index (κ2) is 6.13. The molecule has 5 nitrogen and oxygen atoms in total. The highest BCUT2D eigenvalue weighted by atomic mass is 16.1. The number of carbonyl (C=O) groups is 1. The molecule has 1 heterocycles. The minimum absolute atomic E-state index is 0.428. The van der Waals surface area contributed by atoms with Crippen molar-refractivity contribution in [1.82, 2.24) is 4.90 Å². The Labute approximate surface area is 120 Å². The van der Waals surface area contributed by atoms with Gasteiger partial charge in [0, 0.05) is 13.6 Å². The molecule has 0 aromatic heterocycles. The predicted octanol–water partition coefficient (Wildman–Crippen LogP) is 1.15. The van der Waals surface area contributed by atoms with E-state index in [-0.39, 0.29) is 0 Å². The van der Waals surface area contributed by atoms with Crippen molar-refractivity contribution in [2.45, 2.75) is 12.8 Å². The maximum absolute atomic E-state index is 11.5. The van der Waals surface area contributed by atoms with Crippen LogP contribution in [-0.4, -0.2) is 44.5 Å². The Bertz CT molecular complexity index is 481. The van der Waals surface area contributed by atoms with E-state index in [2.05, 4.69) is 16.8 Å². The Hall–Kier alpha value is -1.75. The summed E-state index contributed by atoms with van der Waals surface area (Å²) in [5.74, 6) is 0.207. The molecule has 0 bridgehead atoms. The Balaban J connectivity index is 2.13. The molecule has 110 valence electrons. The summed E-state index contributed by atoms with van der Waals surface area (Å²) in [5.41, 5.74) is 13.3. The van der Waals surface area contributed by atoms with E-state index in [0.29, 0.717) is 17.2 Å². The lowest BCUT2D eigenvalue weighted by atomic mass is 9.96. The average Bonchev–Trinajstić information content (AvgIpc) is 2.40. The van der Waals surface area contributed by atoms with E-state index < -0.39 is 5.91 Å². The highest BCUT2D eigenvalue weighted by Crippen LogP contribution is 2.28. The number of amides is 1. The van der Waals surface area contributed by atoms with Gasteiger partial charge in [-0.05, 0) is 51.0 Å². The number of hydrogen-bond acceptors (Lipinski definition) is 4. The van der Waals surface area contributed by atoms with Gasteiger partial charge in [-0.2, -0.15) is 0 Å². The highest BCUT2D eigenvalue weighted by Gasteiger charge is 2.21. The first-order chi connectivity index (χ1) is 9.49. The molecular weight excluding hydrogens is 252 g/mol. The van der Waals surface area contributed by atoms with Gasteiger partial charge in [0.1, 0.15) is 0 Å². The van der Waals surface area contributed by atoms with Crippen LogP contribution in [0.2, 0.25) is 0 Å². The minimum atomic E-state index is -0.428. The smallest absolute Gasteiger partial charge is 0.250 e. The number of para-hydroxylation sites is 1. The monoisotopic (exact) mass is 276 g/mol. The van der Waals surface area contributed by atoms with Gasteiger partial charge < -0.3 is 21.3 Å². The van der Waals surface area contributed by atoms with Gasteiger partial charge in [0.2, 0.25) is 0 Å². The van der Waals surface area contributed by atoms with Crippen molar-refractivity contribution in [3.63, 3.8) is 0 Å². The summed E-state index contributed by atoms with van der Waals surface area (Å²) in [6.45, 7) is 3.17. The number of piperidine rings is 1. The Kier molecular flexibility index (Phi) is 4.49. The van der Waals surface area contributed by atoms with Gasteiger partial charge in [-0.3, -0.25) is 4.79 Å². The van der Waals surface area contributed by atoms with Crippen LogP contribution in [0.1, 0.15) is 23.2 Å². The highest BCUT2D eigenvalue weighted by molar-refractivity contribution is 6.01. The van der Waals surface area contributed by atoms with Gasteiger partial charge in [-0.15, -0.1) is 0 Å². The number of benzene rings is 1. The predicted molar refractivity (Wildman–Crippen MR) is 82.9 cm³/mol. The summed E-state index contributed by atoms with van der Waals surface area (Å²) in [6, 6.07) is 5.31. The molecule has 1 amide bonds. The van der Waals surface area contributed by atoms with E-state index >= 15 is 0 Å². The van der Waals surface area contributed by atoms with Crippen LogP contribution < -0.4 is 16.4 Å². The number of nitrogens with zero attached hydrogens (tertiary/aromatic N) is 2. The van der Waals surface area contributed by atoms with Gasteiger partial charge in [-0.1, -0.05) is 6.07 Å². The third-order valence-corrected chi connectivity index (χ3v) is 4.08. The van der Waals surface area contributed by atoms with Gasteiger partial charge in [0.25, 0.3) is 5.91 Å². The molecule has 1 fully saturated rings. The van der Waals surface area contributed by atoms with Crippen LogP contribution in [0.15, 0.2) is 18.2 Å². The van der Waals surface area contributed by atoms with Gasteiger partial charge in [-0.25, -0.2) is 0 Å². The van der Waals surface area contributed by atoms with Crippen LogP contribution in [-0.2, 0) is 0 Å². The Morgan fingerprint density at radius 3 is 2.65 bits per heavy atom. The largest absolute Gasteiger partial charge is 0.397 e. The SMILES string of the molecule is CN1CCC(CN(C)c2c(N)cccc2C(N)=O)CC1. The molecule has 20 heavy (non-hydrogen) atoms. The van der Waals surface area contributed by atoms with E-state index in [4.69, 9.17) is 11.5 Å². The van der Waals surface area contributed by atoms with Crippen molar-refractivity contribution in [2.24, 2.45) is 11.7 Å². The van der Waals surface area contributed by atoms with Crippen LogP contribution in [0.25, 0.3) is 0 Å². The fraction of sp³-hybridized carbons (Fsp3) is 0.533. The molecule has 0 saturated carbocycles. The molecular formula is C15H24N4O. The summed E-state index contributed by atoms with van der Waals surface area (Å²) in [4.78, 5) is 16.0. The van der Waals surface area contributed by atoms with E-state index in [1.807, 2.05) is 13.1 Å². The van der Waals surface area contributed by atoms with Crippen molar-refractivity contribution in [1.29, 1.82) is 0 Å². The van der Waals surface area contributed by atoms with Gasteiger partial charge >= 0.3 is 0 Å². The lowest BCUT2D eigenvalue weighted by molar-refractivity contribution is 0.100. The van der Waals surface area contributed by atoms with E-state index in [1.54, 1.807) is 12.1 Å². The topological polar surface area (TPSA) is 75.6 Å². The molecule has 0 atom stereocenters. The van der Waals surface area contributed by atoms with Crippen molar-refractivity contribution in [3.8, 4) is 0 Å². The number of anilines is 2. The molecule has 1 aromatic rings. The van der Waals surface area contributed by atoms with Crippen molar-refractivity contribution < 1.29 is 4.79 Å². The standard InChI is InChI=1S/C15H24N4O/c1-18-8-6-11(7-9-18)10-19(2)14-12(15(17)20)4-3-5-13(14)16/h3-5,11H,6-10,16H2,1-2H3,(H2,17,20). The fourth-order valence-electron chi connectivity index (χ4n) is 2.91. The molecule has 1 aromatic carbocycles. The molecule has 0 radical (unpaired) electrons. The van der Waals surface area contributed by atoms with Gasteiger partial charge in [0.05, 0.1) is 16.9 Å². The number of carbonyl (C=O) groups excluding carboxylic acids is 1. The van der Waals surface area contributed by atoms with E-state index in [9.17, 15) is 4.79 Å². The van der Waals surface area contributed by atoms with Crippen LogP contribution in [0.3, 0.4) is 0 Å². The third kappa shape index (κ3) is 3.22. The number of nitrogens with two attached hydrogens (primary N) is 2. The van der Waals surface area contributed by atoms with E-state index in [0.717, 1.165) is 25.3 Å². The first-order valence-electron chi connectivity index (χ1n) is 7.07. The second-order valence-electron chi connectivity index (χ2n) is 5.73. The summed E-state index contributed by atoms with van der Waals surface area (Å²) < 4.78 is 0. The molecule has 1 aliphatic heterocycles. The molecule has 0 spiro atoms. The lowest BCUT2D eigenvalue weighted by Crippen LogP contribution is -2.36. The first kappa shape index (κ1) is 14.7. The van der Waals surface area contributed by atoms with Crippen LogP contribution in [0, 0.1) is 5.92 Å². The number of rotatable bonds is 4. The number of primary amides is 1. The normalized spacial score (nSPS) is 17.1. The molecule has 4 N–H and O–H groups in total. The maximum atomic E-state index is 11.5. The zero-order valence-electron chi connectivity index (χ0n) is 12.3. The summed E-state index contributed by atoms with van der Waals surface area (Å²) in [6.07, 6.45) is 2.36. The molecule has 5 heteroatoms.